The Kier molecular flexibility index (Phi) is 7.29. The molecule has 2 aromatic heterocycles. The number of aromatic nitrogens is 3. The molecule has 36 heavy (non-hydrogen) atoms. The van der Waals surface area contributed by atoms with E-state index in [1.54, 1.807) is 29.9 Å². The van der Waals surface area contributed by atoms with Crippen LogP contribution in [0.3, 0.4) is 0 Å². The summed E-state index contributed by atoms with van der Waals surface area (Å²) in [5.74, 6) is 5.58. The average molecular weight is 507 g/mol. The first kappa shape index (κ1) is 25.2. The van der Waals surface area contributed by atoms with Crippen molar-refractivity contribution >= 4 is 40.1 Å². The van der Waals surface area contributed by atoms with Crippen LogP contribution in [-0.2, 0) is 9.53 Å². The zero-order valence-corrected chi connectivity index (χ0v) is 21.1. The molecule has 9 nitrogen and oxygen atoms in total. The number of anilines is 1. The molecule has 0 bridgehead atoms. The van der Waals surface area contributed by atoms with Crippen molar-refractivity contribution in [2.75, 3.05) is 32.6 Å². The minimum absolute atomic E-state index is 0.154. The summed E-state index contributed by atoms with van der Waals surface area (Å²) in [5.41, 5.74) is 8.51. The number of methoxy groups -OCH3 is 1. The highest BCUT2D eigenvalue weighted by Crippen LogP contribution is 2.32. The normalized spacial score (nSPS) is 17.1. The molecule has 1 saturated heterocycles. The molecule has 0 radical (unpaired) electrons. The van der Waals surface area contributed by atoms with Gasteiger partial charge in [0.15, 0.2) is 5.69 Å². The van der Waals surface area contributed by atoms with E-state index >= 15 is 0 Å². The average Bonchev–Trinajstić information content (AvgIpc) is 3.44. The Hall–Kier alpha value is -3.87. The summed E-state index contributed by atoms with van der Waals surface area (Å²) in [4.78, 5) is 30.9. The SMILES string of the molecule is C=CC(=O)N1C[C@@H](n2nc(C#Cc3cc4nccc(C)c4cc3Cl)c(C(N)=O)c2NC)C[C@@H]1COC. The molecular weight excluding hydrogens is 480 g/mol. The van der Waals surface area contributed by atoms with Gasteiger partial charge in [0, 0.05) is 37.8 Å². The van der Waals surface area contributed by atoms with E-state index in [4.69, 9.17) is 22.1 Å². The summed E-state index contributed by atoms with van der Waals surface area (Å²) in [6, 6.07) is 5.18. The Morgan fingerprint density at radius 1 is 1.39 bits per heavy atom. The Balaban J connectivity index is 1.76. The number of nitrogens with one attached hydrogen (secondary N) is 1. The topological polar surface area (TPSA) is 115 Å². The molecule has 0 spiro atoms. The fourth-order valence-electron chi connectivity index (χ4n) is 4.59. The lowest BCUT2D eigenvalue weighted by atomic mass is 10.1. The van der Waals surface area contributed by atoms with E-state index in [9.17, 15) is 9.59 Å². The van der Waals surface area contributed by atoms with Crippen LogP contribution < -0.4 is 11.1 Å². The summed E-state index contributed by atoms with van der Waals surface area (Å²) < 4.78 is 6.98. The van der Waals surface area contributed by atoms with E-state index in [1.165, 1.54) is 6.08 Å². The number of pyridine rings is 1. The second-order valence-corrected chi connectivity index (χ2v) is 8.96. The van der Waals surface area contributed by atoms with Crippen molar-refractivity contribution in [3.05, 3.63) is 64.5 Å². The van der Waals surface area contributed by atoms with Crippen molar-refractivity contribution in [3.8, 4) is 11.8 Å². The van der Waals surface area contributed by atoms with Crippen LogP contribution in [0.5, 0.6) is 0 Å². The van der Waals surface area contributed by atoms with Crippen molar-refractivity contribution in [1.82, 2.24) is 19.7 Å². The number of fused-ring (bicyclic) bond motifs is 1. The maximum atomic E-state index is 12.4. The van der Waals surface area contributed by atoms with Gasteiger partial charge in [0.05, 0.1) is 29.2 Å². The van der Waals surface area contributed by atoms with Crippen LogP contribution in [-0.4, -0.2) is 64.8 Å². The van der Waals surface area contributed by atoms with Crippen LogP contribution in [0.2, 0.25) is 5.02 Å². The van der Waals surface area contributed by atoms with E-state index in [-0.39, 0.29) is 29.2 Å². The van der Waals surface area contributed by atoms with Gasteiger partial charge in [-0.3, -0.25) is 14.6 Å². The number of carbonyl (C=O) groups excluding carboxylic acids is 2. The first-order valence-corrected chi connectivity index (χ1v) is 11.8. The summed E-state index contributed by atoms with van der Waals surface area (Å²) in [5, 5.41) is 9.08. The Bertz CT molecular complexity index is 1420. The molecule has 1 fully saturated rings. The lowest BCUT2D eigenvalue weighted by molar-refractivity contribution is -0.127. The Morgan fingerprint density at radius 3 is 2.83 bits per heavy atom. The number of hydrogen-bond acceptors (Lipinski definition) is 6. The molecule has 3 aromatic rings. The van der Waals surface area contributed by atoms with Crippen LogP contribution >= 0.6 is 11.6 Å². The summed E-state index contributed by atoms with van der Waals surface area (Å²) in [7, 11) is 3.27. The number of ether oxygens (including phenoxy) is 1. The first-order chi connectivity index (χ1) is 17.3. The molecule has 3 heterocycles. The fourth-order valence-corrected chi connectivity index (χ4v) is 4.80. The van der Waals surface area contributed by atoms with Crippen molar-refractivity contribution in [2.24, 2.45) is 5.73 Å². The molecular formula is C26H27ClN6O3. The lowest BCUT2D eigenvalue weighted by Crippen LogP contribution is -2.37. The number of benzene rings is 1. The molecule has 1 aliphatic heterocycles. The van der Waals surface area contributed by atoms with Gasteiger partial charge in [-0.05, 0) is 49.1 Å². The number of nitrogens with two attached hydrogens (primary N) is 1. The number of hydrogen-bond donors (Lipinski definition) is 2. The minimum atomic E-state index is -0.665. The van der Waals surface area contributed by atoms with Gasteiger partial charge in [0.1, 0.15) is 11.4 Å². The molecule has 10 heteroatoms. The predicted octanol–water partition coefficient (Wildman–Crippen LogP) is 2.91. The number of carbonyl (C=O) groups is 2. The molecule has 3 N–H and O–H groups in total. The second kappa shape index (κ2) is 10.4. The van der Waals surface area contributed by atoms with Crippen LogP contribution in [0.4, 0.5) is 5.82 Å². The standard InChI is InChI=1S/C26H27ClN6O3/c1-5-23(34)32-13-17(11-18(32)14-36-4)33-26(29-3)24(25(28)35)21(31-33)7-6-16-10-22-19(12-20(16)27)15(2)8-9-30-22/h5,8-10,12,17-18,29H,1,11,13-14H2,2-4H3,(H2,28,35)/t17-,18+/m0/s1. The van der Waals surface area contributed by atoms with Crippen molar-refractivity contribution in [2.45, 2.75) is 25.4 Å². The van der Waals surface area contributed by atoms with Gasteiger partial charge in [-0.15, -0.1) is 0 Å². The number of nitrogens with zero attached hydrogens (tertiary/aromatic N) is 4. The Labute approximate surface area is 214 Å². The lowest BCUT2D eigenvalue weighted by Gasteiger charge is -2.22. The largest absolute Gasteiger partial charge is 0.383 e. The van der Waals surface area contributed by atoms with E-state index in [0.717, 1.165) is 16.5 Å². The molecule has 1 aromatic carbocycles. The third kappa shape index (κ3) is 4.65. The van der Waals surface area contributed by atoms with Crippen molar-refractivity contribution in [3.63, 3.8) is 0 Å². The molecule has 1 aliphatic rings. The van der Waals surface area contributed by atoms with Gasteiger partial charge in [0.25, 0.3) is 5.91 Å². The molecule has 4 rings (SSSR count). The van der Waals surface area contributed by atoms with Crippen molar-refractivity contribution in [1.29, 1.82) is 0 Å². The maximum absolute atomic E-state index is 12.4. The van der Waals surface area contributed by atoms with Crippen LogP contribution in [0.15, 0.2) is 37.1 Å². The number of halogens is 1. The van der Waals surface area contributed by atoms with Gasteiger partial charge < -0.3 is 20.7 Å². The van der Waals surface area contributed by atoms with Crippen molar-refractivity contribution < 1.29 is 14.3 Å². The molecule has 0 aliphatic carbocycles. The zero-order valence-electron chi connectivity index (χ0n) is 20.3. The molecule has 2 amide bonds. The number of rotatable bonds is 6. The van der Waals surface area contributed by atoms with Crippen LogP contribution in [0, 0.1) is 18.8 Å². The van der Waals surface area contributed by atoms with Gasteiger partial charge in [-0.25, -0.2) is 4.68 Å². The molecule has 186 valence electrons. The predicted molar refractivity (Wildman–Crippen MR) is 139 cm³/mol. The second-order valence-electron chi connectivity index (χ2n) is 8.55. The van der Waals surface area contributed by atoms with Crippen LogP contribution in [0.25, 0.3) is 10.9 Å². The van der Waals surface area contributed by atoms with E-state index in [0.29, 0.717) is 36.0 Å². The molecule has 0 unspecified atom stereocenters. The third-order valence-electron chi connectivity index (χ3n) is 6.31. The summed E-state index contributed by atoms with van der Waals surface area (Å²) in [6.45, 7) is 6.33. The highest BCUT2D eigenvalue weighted by atomic mass is 35.5. The molecule has 2 atom stereocenters. The summed E-state index contributed by atoms with van der Waals surface area (Å²) >= 11 is 6.50. The number of likely N-dealkylation sites (tertiary alicyclic amines) is 1. The minimum Gasteiger partial charge on any atom is -0.383 e. The quantitative estimate of drug-likeness (QED) is 0.392. The van der Waals surface area contributed by atoms with Gasteiger partial charge >= 0.3 is 0 Å². The fraction of sp³-hybridized carbons (Fsp3) is 0.308. The first-order valence-electron chi connectivity index (χ1n) is 11.4. The smallest absolute Gasteiger partial charge is 0.255 e. The van der Waals surface area contributed by atoms with Gasteiger partial charge in [-0.1, -0.05) is 24.1 Å². The van der Waals surface area contributed by atoms with Crippen LogP contribution in [0.1, 0.15) is 39.6 Å². The van der Waals surface area contributed by atoms with E-state index in [1.807, 2.05) is 25.1 Å². The number of primary amides is 1. The van der Waals surface area contributed by atoms with Gasteiger partial charge in [0.2, 0.25) is 5.91 Å². The third-order valence-corrected chi connectivity index (χ3v) is 6.63. The highest BCUT2D eigenvalue weighted by Gasteiger charge is 2.37. The molecule has 0 saturated carbocycles. The number of aryl methyl sites for hydroxylation is 1. The maximum Gasteiger partial charge on any atom is 0.255 e. The number of amides is 2. The highest BCUT2D eigenvalue weighted by molar-refractivity contribution is 6.32. The van der Waals surface area contributed by atoms with E-state index in [2.05, 4.69) is 33.8 Å². The van der Waals surface area contributed by atoms with Gasteiger partial charge in [-0.2, -0.15) is 5.10 Å². The Morgan fingerprint density at radius 2 is 2.17 bits per heavy atom. The monoisotopic (exact) mass is 506 g/mol. The summed E-state index contributed by atoms with van der Waals surface area (Å²) in [6.07, 6.45) is 3.59. The van der Waals surface area contributed by atoms with E-state index < -0.39 is 5.91 Å². The zero-order chi connectivity index (χ0) is 26.0.